The van der Waals surface area contributed by atoms with E-state index in [2.05, 4.69) is 11.8 Å². The first-order valence-electron chi connectivity index (χ1n) is 4.60. The summed E-state index contributed by atoms with van der Waals surface area (Å²) in [5, 5.41) is 2.13. The number of rotatable bonds is 2. The van der Waals surface area contributed by atoms with Gasteiger partial charge in [-0.15, -0.1) is 0 Å². The Labute approximate surface area is 67.8 Å². The van der Waals surface area contributed by atoms with Gasteiger partial charge in [0.1, 0.15) is 0 Å². The minimum Gasteiger partial charge on any atom is -0.155 e. The molecule has 0 aliphatic heterocycles. The minimum absolute atomic E-state index is 1.06. The molecule has 0 amide bonds. The van der Waals surface area contributed by atoms with E-state index in [1.807, 2.05) is 0 Å². The summed E-state index contributed by atoms with van der Waals surface area (Å²) >= 11 is 2.29. The van der Waals surface area contributed by atoms with Crippen LogP contribution in [0.5, 0.6) is 0 Å². The van der Waals surface area contributed by atoms with Gasteiger partial charge in [0.05, 0.1) is 0 Å². The van der Waals surface area contributed by atoms with Crippen LogP contribution in [-0.2, 0) is 0 Å². The highest BCUT2D eigenvalue weighted by molar-refractivity contribution is 8.00. The van der Waals surface area contributed by atoms with Crippen LogP contribution in [0, 0.1) is 0 Å². The van der Waals surface area contributed by atoms with Crippen LogP contribution in [0.2, 0.25) is 0 Å². The van der Waals surface area contributed by atoms with Gasteiger partial charge in [-0.05, 0) is 25.7 Å². The van der Waals surface area contributed by atoms with Crippen molar-refractivity contribution in [2.24, 2.45) is 0 Å². The van der Waals surface area contributed by atoms with E-state index in [9.17, 15) is 0 Å². The van der Waals surface area contributed by atoms with Crippen LogP contribution >= 0.6 is 11.8 Å². The van der Waals surface area contributed by atoms with Crippen molar-refractivity contribution in [2.45, 2.75) is 55.4 Å². The molecule has 2 saturated carbocycles. The van der Waals surface area contributed by atoms with Crippen molar-refractivity contribution < 1.29 is 0 Å². The maximum Gasteiger partial charge on any atom is 0.00498 e. The van der Waals surface area contributed by atoms with Crippen molar-refractivity contribution in [2.75, 3.05) is 0 Å². The summed E-state index contributed by atoms with van der Waals surface area (Å²) in [6, 6.07) is 0. The molecule has 0 spiro atoms. The lowest BCUT2D eigenvalue weighted by atomic mass is 10.00. The summed E-state index contributed by atoms with van der Waals surface area (Å²) in [6.45, 7) is 0. The van der Waals surface area contributed by atoms with Crippen LogP contribution in [0.1, 0.15) is 44.9 Å². The first kappa shape index (κ1) is 7.02. The fraction of sp³-hybridized carbons (Fsp3) is 1.00. The number of hydrogen-bond donors (Lipinski definition) is 0. The molecule has 2 aliphatic carbocycles. The SMILES string of the molecule is C1CCC(SC2CCC2)C1. The Morgan fingerprint density at radius 2 is 1.20 bits per heavy atom. The van der Waals surface area contributed by atoms with Gasteiger partial charge in [-0.3, -0.25) is 0 Å². The van der Waals surface area contributed by atoms with Crippen LogP contribution in [0.3, 0.4) is 0 Å². The van der Waals surface area contributed by atoms with Gasteiger partial charge in [0.2, 0.25) is 0 Å². The second-order valence-corrected chi connectivity index (χ2v) is 5.20. The Hall–Kier alpha value is 0.350. The molecular formula is C9H16S. The highest BCUT2D eigenvalue weighted by Gasteiger charge is 2.24. The van der Waals surface area contributed by atoms with Crippen molar-refractivity contribution in [1.29, 1.82) is 0 Å². The summed E-state index contributed by atoms with van der Waals surface area (Å²) in [7, 11) is 0. The standard InChI is InChI=1S/C9H16S/c1-2-5-8(4-1)10-9-6-3-7-9/h8-9H,1-7H2. The fourth-order valence-electron chi connectivity index (χ4n) is 1.80. The van der Waals surface area contributed by atoms with Crippen molar-refractivity contribution in [3.63, 3.8) is 0 Å². The van der Waals surface area contributed by atoms with Gasteiger partial charge in [-0.1, -0.05) is 19.3 Å². The van der Waals surface area contributed by atoms with Crippen molar-refractivity contribution in [1.82, 2.24) is 0 Å². The normalized spacial score (nSPS) is 28.8. The predicted molar refractivity (Wildman–Crippen MR) is 47.5 cm³/mol. The van der Waals surface area contributed by atoms with E-state index in [4.69, 9.17) is 0 Å². The highest BCUT2D eigenvalue weighted by Crippen LogP contribution is 2.39. The predicted octanol–water partition coefficient (Wildman–Crippen LogP) is 3.21. The summed E-state index contributed by atoms with van der Waals surface area (Å²) in [6.07, 6.45) is 10.6. The zero-order valence-corrected chi connectivity index (χ0v) is 7.33. The zero-order chi connectivity index (χ0) is 6.81. The molecule has 0 atom stereocenters. The maximum absolute atomic E-state index is 2.29. The number of thioether (sulfide) groups is 1. The first-order valence-corrected chi connectivity index (χ1v) is 5.55. The van der Waals surface area contributed by atoms with E-state index in [-0.39, 0.29) is 0 Å². The van der Waals surface area contributed by atoms with E-state index < -0.39 is 0 Å². The summed E-state index contributed by atoms with van der Waals surface area (Å²) < 4.78 is 0. The zero-order valence-electron chi connectivity index (χ0n) is 6.51. The van der Waals surface area contributed by atoms with Crippen molar-refractivity contribution >= 4 is 11.8 Å². The number of hydrogen-bond acceptors (Lipinski definition) is 1. The topological polar surface area (TPSA) is 0 Å². The summed E-state index contributed by atoms with van der Waals surface area (Å²) in [4.78, 5) is 0. The monoisotopic (exact) mass is 156 g/mol. The van der Waals surface area contributed by atoms with Crippen LogP contribution < -0.4 is 0 Å². The highest BCUT2D eigenvalue weighted by atomic mass is 32.2. The molecule has 0 saturated heterocycles. The molecule has 10 heavy (non-hydrogen) atoms. The molecule has 0 unspecified atom stereocenters. The van der Waals surface area contributed by atoms with E-state index in [0.29, 0.717) is 0 Å². The Balaban J connectivity index is 1.68. The third-order valence-electron chi connectivity index (χ3n) is 2.74. The third-order valence-corrected chi connectivity index (χ3v) is 4.45. The van der Waals surface area contributed by atoms with Gasteiger partial charge in [0.15, 0.2) is 0 Å². The Morgan fingerprint density at radius 1 is 0.700 bits per heavy atom. The van der Waals surface area contributed by atoms with Crippen LogP contribution in [-0.4, -0.2) is 10.5 Å². The van der Waals surface area contributed by atoms with Gasteiger partial charge in [0, 0.05) is 10.5 Å². The lowest BCUT2D eigenvalue weighted by Gasteiger charge is -2.27. The molecule has 2 aliphatic rings. The maximum atomic E-state index is 2.29. The third kappa shape index (κ3) is 1.50. The molecule has 2 fully saturated rings. The molecule has 0 N–H and O–H groups in total. The quantitative estimate of drug-likeness (QED) is 0.591. The molecule has 0 aromatic carbocycles. The van der Waals surface area contributed by atoms with E-state index in [1.165, 1.54) is 44.9 Å². The first-order chi connectivity index (χ1) is 4.95. The van der Waals surface area contributed by atoms with Gasteiger partial charge in [-0.25, -0.2) is 0 Å². The molecule has 58 valence electrons. The molecule has 0 aromatic heterocycles. The summed E-state index contributed by atoms with van der Waals surface area (Å²) in [5.74, 6) is 0. The van der Waals surface area contributed by atoms with Gasteiger partial charge < -0.3 is 0 Å². The van der Waals surface area contributed by atoms with E-state index in [0.717, 1.165) is 10.5 Å². The molecule has 0 nitrogen and oxygen atoms in total. The molecule has 0 bridgehead atoms. The Bertz CT molecular complexity index is 101. The average Bonchev–Trinajstić information content (AvgIpc) is 2.29. The lowest BCUT2D eigenvalue weighted by molar-refractivity contribution is 0.520. The summed E-state index contributed by atoms with van der Waals surface area (Å²) in [5.41, 5.74) is 0. The second kappa shape index (κ2) is 3.17. The van der Waals surface area contributed by atoms with E-state index in [1.54, 1.807) is 0 Å². The van der Waals surface area contributed by atoms with E-state index >= 15 is 0 Å². The Morgan fingerprint density at radius 3 is 1.60 bits per heavy atom. The second-order valence-electron chi connectivity index (χ2n) is 3.60. The van der Waals surface area contributed by atoms with Crippen molar-refractivity contribution in [3.8, 4) is 0 Å². The molecule has 0 radical (unpaired) electrons. The molecule has 0 aromatic rings. The van der Waals surface area contributed by atoms with Crippen LogP contribution in [0.4, 0.5) is 0 Å². The van der Waals surface area contributed by atoms with Gasteiger partial charge >= 0.3 is 0 Å². The fourth-order valence-corrected chi connectivity index (χ4v) is 3.56. The molecule has 2 rings (SSSR count). The van der Waals surface area contributed by atoms with Gasteiger partial charge in [-0.2, -0.15) is 11.8 Å². The van der Waals surface area contributed by atoms with Crippen LogP contribution in [0.15, 0.2) is 0 Å². The van der Waals surface area contributed by atoms with Crippen LogP contribution in [0.25, 0.3) is 0 Å². The molecule has 1 heteroatoms. The molecule has 0 heterocycles. The molecular weight excluding hydrogens is 140 g/mol. The lowest BCUT2D eigenvalue weighted by Crippen LogP contribution is -2.16. The largest absolute Gasteiger partial charge is 0.155 e. The Kier molecular flexibility index (Phi) is 2.22. The van der Waals surface area contributed by atoms with Crippen molar-refractivity contribution in [3.05, 3.63) is 0 Å². The average molecular weight is 156 g/mol. The minimum atomic E-state index is 1.06. The van der Waals surface area contributed by atoms with Gasteiger partial charge in [0.25, 0.3) is 0 Å². The smallest absolute Gasteiger partial charge is 0.00498 e.